The van der Waals surface area contributed by atoms with Gasteiger partial charge in [-0.3, -0.25) is 0 Å². The van der Waals surface area contributed by atoms with Gasteiger partial charge in [-0.1, -0.05) is 109 Å². The number of benzene rings is 5. The third-order valence-electron chi connectivity index (χ3n) is 7.07. The van der Waals surface area contributed by atoms with Gasteiger partial charge in [-0.15, -0.1) is 0 Å². The van der Waals surface area contributed by atoms with Gasteiger partial charge in [0.05, 0.1) is 5.52 Å². The first-order valence-corrected chi connectivity index (χ1v) is 12.5. The van der Waals surface area contributed by atoms with E-state index in [-0.39, 0.29) is 5.56 Å². The molecule has 0 saturated carbocycles. The Morgan fingerprint density at radius 3 is 1.74 bits per heavy atom. The first-order chi connectivity index (χ1) is 18.6. The van der Waals surface area contributed by atoms with Crippen molar-refractivity contribution in [3.8, 4) is 11.1 Å². The molecule has 0 atom stereocenters. The lowest BCUT2D eigenvalue weighted by Crippen LogP contribution is -2.38. The first-order valence-electron chi connectivity index (χ1n) is 12.5. The highest BCUT2D eigenvalue weighted by Crippen LogP contribution is 2.44. The van der Waals surface area contributed by atoms with Gasteiger partial charge in [-0.05, 0) is 40.5 Å². The van der Waals surface area contributed by atoms with Gasteiger partial charge in [0, 0.05) is 18.0 Å². The molecular formula is C33H25F2N3. The average molecular weight is 502 g/mol. The highest BCUT2D eigenvalue weighted by molar-refractivity contribution is 5.94. The van der Waals surface area contributed by atoms with Crippen LogP contribution in [-0.2, 0) is 5.54 Å². The second-order valence-corrected chi connectivity index (χ2v) is 9.15. The van der Waals surface area contributed by atoms with Crippen LogP contribution >= 0.6 is 0 Å². The molecule has 0 aliphatic carbocycles. The number of nitrogens with zero attached hydrogens (tertiary/aromatic N) is 2. The highest BCUT2D eigenvalue weighted by atomic mass is 19.2. The number of anilines is 1. The van der Waals surface area contributed by atoms with Gasteiger partial charge in [-0.2, -0.15) is 5.10 Å². The number of nitrogens with one attached hydrogen (secondary N) is 1. The first kappa shape index (κ1) is 23.6. The minimum absolute atomic E-state index is 0.210. The van der Waals surface area contributed by atoms with Crippen LogP contribution in [0.1, 0.15) is 16.7 Å². The summed E-state index contributed by atoms with van der Waals surface area (Å²) in [4.78, 5) is 0. The smallest absolute Gasteiger partial charge is 0.166 e. The fourth-order valence-corrected chi connectivity index (χ4v) is 5.36. The molecule has 0 spiro atoms. The van der Waals surface area contributed by atoms with Gasteiger partial charge >= 0.3 is 0 Å². The molecule has 0 bridgehead atoms. The van der Waals surface area contributed by atoms with Crippen LogP contribution in [0.25, 0.3) is 22.0 Å². The molecule has 1 N–H and O–H groups in total. The summed E-state index contributed by atoms with van der Waals surface area (Å²) in [5, 5.41) is 9.15. The standard InChI is InChI=1S/C33H25F2N3/c1-36-32-28-22-23(27-18-11-19-29(34)31(27)35)20-21-30(28)38(37-32)33(24-12-5-2-6-13-24,25-14-7-3-8-15-25)26-16-9-4-10-17-26/h2-22H,1H3,(H,36,37). The minimum Gasteiger partial charge on any atom is -0.371 e. The largest absolute Gasteiger partial charge is 0.371 e. The minimum atomic E-state index is -0.872. The Labute approximate surface area is 220 Å². The van der Waals surface area contributed by atoms with Crippen molar-refractivity contribution in [2.75, 3.05) is 12.4 Å². The Kier molecular flexibility index (Phi) is 5.97. The molecule has 0 amide bonds. The lowest BCUT2D eigenvalue weighted by Gasteiger charge is -2.37. The lowest BCUT2D eigenvalue weighted by atomic mass is 9.77. The van der Waals surface area contributed by atoms with Crippen molar-refractivity contribution in [3.05, 3.63) is 156 Å². The van der Waals surface area contributed by atoms with E-state index >= 15 is 0 Å². The predicted octanol–water partition coefficient (Wildman–Crippen LogP) is 7.86. The van der Waals surface area contributed by atoms with Gasteiger partial charge in [0.25, 0.3) is 0 Å². The van der Waals surface area contributed by atoms with Crippen LogP contribution in [0.2, 0.25) is 0 Å². The van der Waals surface area contributed by atoms with E-state index in [1.165, 1.54) is 6.07 Å². The fraction of sp³-hybridized carbons (Fsp3) is 0.0606. The maximum absolute atomic E-state index is 14.7. The summed E-state index contributed by atoms with van der Waals surface area (Å²) in [5.41, 5.74) is 3.98. The van der Waals surface area contributed by atoms with Crippen LogP contribution in [0.4, 0.5) is 14.6 Å². The molecule has 1 aromatic heterocycles. The van der Waals surface area contributed by atoms with Crippen molar-refractivity contribution in [1.82, 2.24) is 9.78 Å². The summed E-state index contributed by atoms with van der Waals surface area (Å²) in [5.74, 6) is -1.09. The third-order valence-corrected chi connectivity index (χ3v) is 7.07. The Bertz CT molecular complexity index is 1620. The summed E-state index contributed by atoms with van der Waals surface area (Å²) in [6.07, 6.45) is 0. The molecule has 0 aliphatic rings. The van der Waals surface area contributed by atoms with Gasteiger partial charge in [0.1, 0.15) is 5.54 Å². The predicted molar refractivity (Wildman–Crippen MR) is 149 cm³/mol. The van der Waals surface area contributed by atoms with E-state index in [1.54, 1.807) is 6.07 Å². The van der Waals surface area contributed by atoms with E-state index in [2.05, 4.69) is 41.7 Å². The number of hydrogen-bond acceptors (Lipinski definition) is 2. The highest BCUT2D eigenvalue weighted by Gasteiger charge is 2.40. The molecule has 186 valence electrons. The monoisotopic (exact) mass is 501 g/mol. The van der Waals surface area contributed by atoms with E-state index in [0.29, 0.717) is 11.4 Å². The molecule has 0 saturated heterocycles. The molecule has 6 aromatic rings. The molecule has 0 unspecified atom stereocenters. The zero-order valence-electron chi connectivity index (χ0n) is 20.8. The third kappa shape index (κ3) is 3.67. The zero-order valence-corrected chi connectivity index (χ0v) is 20.8. The van der Waals surface area contributed by atoms with Crippen molar-refractivity contribution in [1.29, 1.82) is 0 Å². The molecule has 1 heterocycles. The van der Waals surface area contributed by atoms with E-state index < -0.39 is 17.2 Å². The average Bonchev–Trinajstić information content (AvgIpc) is 3.35. The summed E-state index contributed by atoms with van der Waals surface area (Å²) >= 11 is 0. The molecule has 0 aliphatic heterocycles. The lowest BCUT2D eigenvalue weighted by molar-refractivity contribution is 0.477. The van der Waals surface area contributed by atoms with Crippen molar-refractivity contribution in [2.45, 2.75) is 5.54 Å². The van der Waals surface area contributed by atoms with E-state index in [9.17, 15) is 8.78 Å². The van der Waals surface area contributed by atoms with E-state index in [4.69, 9.17) is 5.10 Å². The fourth-order valence-electron chi connectivity index (χ4n) is 5.36. The van der Waals surface area contributed by atoms with Crippen LogP contribution < -0.4 is 5.32 Å². The number of rotatable bonds is 6. The van der Waals surface area contributed by atoms with Crippen molar-refractivity contribution in [2.24, 2.45) is 0 Å². The van der Waals surface area contributed by atoms with E-state index in [1.807, 2.05) is 84.5 Å². The Balaban J connectivity index is 1.71. The Morgan fingerprint density at radius 2 is 1.21 bits per heavy atom. The van der Waals surface area contributed by atoms with Crippen LogP contribution in [0.3, 0.4) is 0 Å². The molecule has 6 rings (SSSR count). The second-order valence-electron chi connectivity index (χ2n) is 9.15. The summed E-state index contributed by atoms with van der Waals surface area (Å²) in [6, 6.07) is 40.8. The van der Waals surface area contributed by atoms with Gasteiger partial charge in [0.2, 0.25) is 0 Å². The molecular weight excluding hydrogens is 476 g/mol. The number of aromatic nitrogens is 2. The number of hydrogen-bond donors (Lipinski definition) is 1. The molecule has 0 fully saturated rings. The van der Waals surface area contributed by atoms with Crippen LogP contribution in [0.15, 0.2) is 127 Å². The van der Waals surface area contributed by atoms with Crippen molar-refractivity contribution in [3.63, 3.8) is 0 Å². The van der Waals surface area contributed by atoms with Gasteiger partial charge in [-0.25, -0.2) is 13.5 Å². The molecule has 5 aromatic carbocycles. The normalized spacial score (nSPS) is 11.6. The summed E-state index contributed by atoms with van der Waals surface area (Å²) < 4.78 is 30.8. The Morgan fingerprint density at radius 1 is 0.658 bits per heavy atom. The molecule has 5 heteroatoms. The van der Waals surface area contributed by atoms with Crippen LogP contribution in [0, 0.1) is 11.6 Å². The van der Waals surface area contributed by atoms with Gasteiger partial charge < -0.3 is 5.32 Å². The number of halogens is 2. The summed E-state index contributed by atoms with van der Waals surface area (Å²) in [6.45, 7) is 0. The van der Waals surface area contributed by atoms with Crippen molar-refractivity contribution < 1.29 is 8.78 Å². The van der Waals surface area contributed by atoms with Crippen LogP contribution in [-0.4, -0.2) is 16.8 Å². The van der Waals surface area contributed by atoms with E-state index in [0.717, 1.165) is 33.7 Å². The maximum Gasteiger partial charge on any atom is 0.166 e. The molecule has 0 radical (unpaired) electrons. The summed E-state index contributed by atoms with van der Waals surface area (Å²) in [7, 11) is 1.82. The molecule has 38 heavy (non-hydrogen) atoms. The van der Waals surface area contributed by atoms with Crippen molar-refractivity contribution >= 4 is 16.7 Å². The maximum atomic E-state index is 14.7. The second kappa shape index (κ2) is 9.60. The SMILES string of the molecule is CNc1nn(C(c2ccccc2)(c2ccccc2)c2ccccc2)c2ccc(-c3cccc(F)c3F)cc12. The van der Waals surface area contributed by atoms with Crippen LogP contribution in [0.5, 0.6) is 0 Å². The Hall–Kier alpha value is -4.77. The molecule has 3 nitrogen and oxygen atoms in total. The zero-order chi connectivity index (χ0) is 26.1. The quantitative estimate of drug-likeness (QED) is 0.235. The van der Waals surface area contributed by atoms with Gasteiger partial charge in [0.15, 0.2) is 17.5 Å². The topological polar surface area (TPSA) is 29.9 Å². The number of fused-ring (bicyclic) bond motifs is 1.